The number of Topliss-reactive ketones (excluding diaryl/α,β-unsaturated/α-hetero) is 1. The number of fused-ring (bicyclic) bond motifs is 3. The molecule has 0 bridgehead atoms. The first-order chi connectivity index (χ1) is 11.6. The van der Waals surface area contributed by atoms with E-state index in [0.29, 0.717) is 28.3 Å². The standard InChI is InChI=1S/C17H18N4OS2/c1-9-4-5-10-13(7-9)24-16-14(10)15(18)20-17(21-16)23-8-12(22)11-3-2-6-19-11/h2-3,6,9,19H,4-5,7-8H2,1H3,(H2,18,20,21)/t9-/m0/s1. The summed E-state index contributed by atoms with van der Waals surface area (Å²) in [5.74, 6) is 1.59. The summed E-state index contributed by atoms with van der Waals surface area (Å²) in [6.07, 6.45) is 5.10. The minimum Gasteiger partial charge on any atom is -0.383 e. The first kappa shape index (κ1) is 15.7. The molecular formula is C17H18N4OS2. The monoisotopic (exact) mass is 358 g/mol. The van der Waals surface area contributed by atoms with E-state index in [1.165, 1.54) is 28.6 Å². The van der Waals surface area contributed by atoms with E-state index in [0.717, 1.165) is 23.1 Å². The van der Waals surface area contributed by atoms with Crippen molar-refractivity contribution in [2.45, 2.75) is 31.3 Å². The van der Waals surface area contributed by atoms with Crippen LogP contribution in [0.2, 0.25) is 0 Å². The van der Waals surface area contributed by atoms with Crippen LogP contribution >= 0.6 is 23.1 Å². The number of aryl methyl sites for hydroxylation is 1. The van der Waals surface area contributed by atoms with Crippen LogP contribution < -0.4 is 5.73 Å². The van der Waals surface area contributed by atoms with Crippen LogP contribution in [0.1, 0.15) is 34.3 Å². The van der Waals surface area contributed by atoms with Crippen molar-refractivity contribution in [3.8, 4) is 0 Å². The number of nitrogens with one attached hydrogen (secondary N) is 1. The van der Waals surface area contributed by atoms with Crippen LogP contribution in [0.15, 0.2) is 23.5 Å². The zero-order valence-corrected chi connectivity index (χ0v) is 15.0. The SMILES string of the molecule is C[C@H]1CCc2c(sc3nc(SCC(=O)c4ccc[nH]4)nc(N)c23)C1. The zero-order valence-electron chi connectivity index (χ0n) is 13.3. The van der Waals surface area contributed by atoms with Crippen molar-refractivity contribution < 1.29 is 4.79 Å². The molecule has 3 heterocycles. The van der Waals surface area contributed by atoms with Gasteiger partial charge < -0.3 is 10.7 Å². The molecule has 5 nitrogen and oxygen atoms in total. The summed E-state index contributed by atoms with van der Waals surface area (Å²) in [7, 11) is 0. The van der Waals surface area contributed by atoms with E-state index in [1.54, 1.807) is 23.6 Å². The first-order valence-electron chi connectivity index (χ1n) is 7.99. The van der Waals surface area contributed by atoms with Gasteiger partial charge in [-0.25, -0.2) is 9.97 Å². The maximum Gasteiger partial charge on any atom is 0.191 e. The highest BCUT2D eigenvalue weighted by Gasteiger charge is 2.23. The number of rotatable bonds is 4. The number of thiophene rings is 1. The number of carbonyl (C=O) groups is 1. The second kappa shape index (κ2) is 6.22. The number of nitrogen functional groups attached to an aromatic ring is 1. The number of nitrogens with two attached hydrogens (primary N) is 1. The van der Waals surface area contributed by atoms with Gasteiger partial charge in [-0.1, -0.05) is 18.7 Å². The Labute approximate surface area is 148 Å². The molecule has 1 atom stereocenters. The summed E-state index contributed by atoms with van der Waals surface area (Å²) in [4.78, 5) is 26.4. The largest absolute Gasteiger partial charge is 0.383 e. The molecule has 3 aromatic heterocycles. The fraction of sp³-hybridized carbons (Fsp3) is 0.353. The van der Waals surface area contributed by atoms with Gasteiger partial charge >= 0.3 is 0 Å². The number of H-pyrrole nitrogens is 1. The predicted octanol–water partition coefficient (Wildman–Crippen LogP) is 3.70. The van der Waals surface area contributed by atoms with E-state index in [1.807, 2.05) is 6.07 Å². The molecule has 0 spiro atoms. The van der Waals surface area contributed by atoms with Gasteiger partial charge in [0.05, 0.1) is 16.8 Å². The Bertz CT molecular complexity index is 901. The van der Waals surface area contributed by atoms with Crippen LogP contribution in [0.25, 0.3) is 10.2 Å². The minimum absolute atomic E-state index is 0.0339. The zero-order chi connectivity index (χ0) is 16.7. The number of aromatic nitrogens is 3. The third-order valence-corrected chi connectivity index (χ3v) is 6.39. The molecule has 4 rings (SSSR count). The topological polar surface area (TPSA) is 84.7 Å². The molecule has 0 amide bonds. The molecule has 124 valence electrons. The smallest absolute Gasteiger partial charge is 0.191 e. The highest BCUT2D eigenvalue weighted by molar-refractivity contribution is 7.99. The molecule has 3 aromatic rings. The summed E-state index contributed by atoms with van der Waals surface area (Å²) < 4.78 is 0. The van der Waals surface area contributed by atoms with Crippen LogP contribution in [0.5, 0.6) is 0 Å². The molecule has 0 aromatic carbocycles. The van der Waals surface area contributed by atoms with Crippen molar-refractivity contribution in [3.63, 3.8) is 0 Å². The van der Waals surface area contributed by atoms with E-state index in [9.17, 15) is 4.79 Å². The van der Waals surface area contributed by atoms with Crippen molar-refractivity contribution in [3.05, 3.63) is 34.5 Å². The lowest BCUT2D eigenvalue weighted by Gasteiger charge is -2.17. The molecule has 0 saturated carbocycles. The normalized spacial score (nSPS) is 17.1. The fourth-order valence-corrected chi connectivity index (χ4v) is 5.31. The lowest BCUT2D eigenvalue weighted by molar-refractivity contribution is 0.101. The third-order valence-electron chi connectivity index (χ3n) is 4.39. The second-order valence-electron chi connectivity index (χ2n) is 6.22. The van der Waals surface area contributed by atoms with Gasteiger partial charge in [-0.3, -0.25) is 4.79 Å². The maximum absolute atomic E-state index is 12.1. The van der Waals surface area contributed by atoms with Crippen LogP contribution in [-0.4, -0.2) is 26.5 Å². The average molecular weight is 358 g/mol. The Morgan fingerprint density at radius 2 is 2.38 bits per heavy atom. The molecule has 0 aliphatic heterocycles. The average Bonchev–Trinajstić information content (AvgIpc) is 3.19. The molecule has 1 aliphatic carbocycles. The Morgan fingerprint density at radius 3 is 3.17 bits per heavy atom. The van der Waals surface area contributed by atoms with Crippen molar-refractivity contribution in [1.82, 2.24) is 15.0 Å². The van der Waals surface area contributed by atoms with E-state index in [2.05, 4.69) is 21.9 Å². The van der Waals surface area contributed by atoms with E-state index >= 15 is 0 Å². The van der Waals surface area contributed by atoms with Gasteiger partial charge in [0.2, 0.25) is 0 Å². The van der Waals surface area contributed by atoms with Gasteiger partial charge in [-0.05, 0) is 42.9 Å². The van der Waals surface area contributed by atoms with Gasteiger partial charge in [0.15, 0.2) is 10.9 Å². The molecule has 1 aliphatic rings. The highest BCUT2D eigenvalue weighted by atomic mass is 32.2. The van der Waals surface area contributed by atoms with E-state index in [-0.39, 0.29) is 5.78 Å². The molecule has 0 radical (unpaired) electrons. The molecule has 24 heavy (non-hydrogen) atoms. The summed E-state index contributed by atoms with van der Waals surface area (Å²) in [6, 6.07) is 3.59. The quantitative estimate of drug-likeness (QED) is 0.422. The molecule has 7 heteroatoms. The number of anilines is 1. The molecule has 0 unspecified atom stereocenters. The van der Waals surface area contributed by atoms with Gasteiger partial charge in [-0.2, -0.15) is 0 Å². The highest BCUT2D eigenvalue weighted by Crippen LogP contribution is 2.39. The summed E-state index contributed by atoms with van der Waals surface area (Å²) in [5.41, 5.74) is 8.16. The lowest BCUT2D eigenvalue weighted by atomic mass is 9.89. The number of ketones is 1. The van der Waals surface area contributed by atoms with Gasteiger partial charge in [0, 0.05) is 11.1 Å². The number of nitrogens with zero attached hydrogens (tertiary/aromatic N) is 2. The fourth-order valence-electron chi connectivity index (χ4n) is 3.13. The van der Waals surface area contributed by atoms with E-state index < -0.39 is 0 Å². The van der Waals surface area contributed by atoms with Crippen molar-refractivity contribution in [1.29, 1.82) is 0 Å². The summed E-state index contributed by atoms with van der Waals surface area (Å²) in [6.45, 7) is 2.29. The Hall–Kier alpha value is -1.86. The molecule has 0 fully saturated rings. The van der Waals surface area contributed by atoms with Crippen LogP contribution in [0, 0.1) is 5.92 Å². The molecule has 3 N–H and O–H groups in total. The summed E-state index contributed by atoms with van der Waals surface area (Å²) >= 11 is 3.07. The van der Waals surface area contributed by atoms with Crippen molar-refractivity contribution in [2.75, 3.05) is 11.5 Å². The maximum atomic E-state index is 12.1. The molecular weight excluding hydrogens is 340 g/mol. The Kier molecular flexibility index (Phi) is 4.05. The Balaban J connectivity index is 1.60. The van der Waals surface area contributed by atoms with E-state index in [4.69, 9.17) is 5.73 Å². The number of aromatic amines is 1. The van der Waals surface area contributed by atoms with Crippen LogP contribution in [0.3, 0.4) is 0 Å². The van der Waals surface area contributed by atoms with Crippen molar-refractivity contribution >= 4 is 44.9 Å². The molecule has 0 saturated heterocycles. The number of hydrogen-bond acceptors (Lipinski definition) is 6. The van der Waals surface area contributed by atoms with Crippen LogP contribution in [0.4, 0.5) is 5.82 Å². The van der Waals surface area contributed by atoms with Gasteiger partial charge in [0.25, 0.3) is 0 Å². The van der Waals surface area contributed by atoms with Gasteiger partial charge in [-0.15, -0.1) is 11.3 Å². The number of thioether (sulfide) groups is 1. The lowest BCUT2D eigenvalue weighted by Crippen LogP contribution is -2.09. The first-order valence-corrected chi connectivity index (χ1v) is 9.79. The minimum atomic E-state index is 0.0339. The Morgan fingerprint density at radius 1 is 1.50 bits per heavy atom. The third kappa shape index (κ3) is 2.82. The van der Waals surface area contributed by atoms with Gasteiger partial charge in [0.1, 0.15) is 10.6 Å². The number of carbonyl (C=O) groups excluding carboxylic acids is 1. The predicted molar refractivity (Wildman–Crippen MR) is 98.9 cm³/mol. The summed E-state index contributed by atoms with van der Waals surface area (Å²) in [5, 5.41) is 1.61. The second-order valence-corrected chi connectivity index (χ2v) is 8.25. The number of hydrogen-bond donors (Lipinski definition) is 2. The van der Waals surface area contributed by atoms with Crippen LogP contribution in [-0.2, 0) is 12.8 Å². The van der Waals surface area contributed by atoms with Crippen molar-refractivity contribution in [2.24, 2.45) is 5.92 Å².